The van der Waals surface area contributed by atoms with Gasteiger partial charge in [-0.3, -0.25) is 4.90 Å². The number of hydrogen-bond acceptors (Lipinski definition) is 4. The second kappa shape index (κ2) is 7.91. The normalized spacial score (nSPS) is 24.7. The van der Waals surface area contributed by atoms with E-state index in [9.17, 15) is 0 Å². The van der Waals surface area contributed by atoms with E-state index >= 15 is 0 Å². The van der Waals surface area contributed by atoms with Crippen molar-refractivity contribution in [2.75, 3.05) is 32.7 Å². The van der Waals surface area contributed by atoms with Gasteiger partial charge in [-0.1, -0.05) is 6.42 Å². The van der Waals surface area contributed by atoms with Gasteiger partial charge in [0, 0.05) is 24.4 Å². The lowest BCUT2D eigenvalue weighted by Crippen LogP contribution is -2.40. The molecule has 2 fully saturated rings. The topological polar surface area (TPSA) is 19.4 Å². The van der Waals surface area contributed by atoms with E-state index in [-0.39, 0.29) is 0 Å². The first-order chi connectivity index (χ1) is 10.3. The molecular formula is C16H26ClN3S. The van der Waals surface area contributed by atoms with Crippen LogP contribution in [0.3, 0.4) is 0 Å². The second-order valence-corrected chi connectivity index (χ2v) is 7.52. The number of alkyl halides is 1. The lowest BCUT2D eigenvalue weighted by molar-refractivity contribution is 0.162. The summed E-state index contributed by atoms with van der Waals surface area (Å²) in [6.07, 6.45) is 7.94. The van der Waals surface area contributed by atoms with Crippen LogP contribution in [0.4, 0.5) is 0 Å². The molecule has 1 unspecified atom stereocenters. The Morgan fingerprint density at radius 2 is 2.10 bits per heavy atom. The first kappa shape index (κ1) is 15.7. The summed E-state index contributed by atoms with van der Waals surface area (Å²) in [5.41, 5.74) is 1.03. The Bertz CT molecular complexity index is 431. The minimum Gasteiger partial charge on any atom is -0.302 e. The summed E-state index contributed by atoms with van der Waals surface area (Å²) in [5, 5.41) is 3.34. The van der Waals surface area contributed by atoms with Gasteiger partial charge in [-0.05, 0) is 51.9 Å². The summed E-state index contributed by atoms with van der Waals surface area (Å²) in [4.78, 5) is 9.92. The fourth-order valence-electron chi connectivity index (χ4n) is 3.58. The van der Waals surface area contributed by atoms with E-state index in [1.54, 1.807) is 11.3 Å². The third-order valence-electron chi connectivity index (χ3n) is 4.76. The molecule has 0 amide bonds. The Morgan fingerprint density at radius 1 is 1.24 bits per heavy atom. The molecule has 0 aromatic carbocycles. The highest BCUT2D eigenvalue weighted by molar-refractivity contribution is 7.09. The number of rotatable bonds is 6. The van der Waals surface area contributed by atoms with Gasteiger partial charge in [-0.25, -0.2) is 4.98 Å². The average Bonchev–Trinajstić information content (AvgIpc) is 3.17. The fraction of sp³-hybridized carbons (Fsp3) is 0.812. The van der Waals surface area contributed by atoms with Crippen LogP contribution in [0.25, 0.3) is 0 Å². The number of aryl methyl sites for hydroxylation is 1. The van der Waals surface area contributed by atoms with Crippen molar-refractivity contribution in [3.8, 4) is 0 Å². The van der Waals surface area contributed by atoms with E-state index in [1.165, 1.54) is 69.8 Å². The number of hydrogen-bond donors (Lipinski definition) is 0. The lowest BCUT2D eigenvalue weighted by atomic mass is 10.1. The number of likely N-dealkylation sites (tertiary alicyclic amines) is 2. The van der Waals surface area contributed by atoms with Crippen molar-refractivity contribution in [2.45, 2.75) is 50.4 Å². The first-order valence-corrected chi connectivity index (χ1v) is 9.72. The van der Waals surface area contributed by atoms with Crippen LogP contribution in [-0.2, 0) is 12.3 Å². The van der Waals surface area contributed by atoms with Crippen molar-refractivity contribution in [1.29, 1.82) is 0 Å². The van der Waals surface area contributed by atoms with E-state index in [1.807, 2.05) is 0 Å². The van der Waals surface area contributed by atoms with Gasteiger partial charge in [0.25, 0.3) is 0 Å². The molecule has 1 aromatic rings. The maximum Gasteiger partial charge on any atom is 0.0929 e. The molecule has 3 nitrogen and oxygen atoms in total. The number of aromatic nitrogens is 1. The van der Waals surface area contributed by atoms with E-state index < -0.39 is 0 Å². The summed E-state index contributed by atoms with van der Waals surface area (Å²) < 4.78 is 0. The third-order valence-corrected chi connectivity index (χ3v) is 5.99. The molecule has 2 aliphatic heterocycles. The number of halogens is 1. The molecule has 1 atom stereocenters. The van der Waals surface area contributed by atoms with Crippen LogP contribution >= 0.6 is 22.9 Å². The van der Waals surface area contributed by atoms with Crippen LogP contribution in [0, 0.1) is 0 Å². The van der Waals surface area contributed by atoms with E-state index in [0.29, 0.717) is 5.88 Å². The molecule has 3 rings (SSSR count). The quantitative estimate of drug-likeness (QED) is 0.747. The Hall–Kier alpha value is -0.160. The SMILES string of the molecule is ClCc1csc(CCCN2CCC(N3CCCCC3)C2)n1. The summed E-state index contributed by atoms with van der Waals surface area (Å²) in [5.74, 6) is 0.542. The predicted molar refractivity (Wildman–Crippen MR) is 90.3 cm³/mol. The number of piperidine rings is 1. The standard InChI is InChI=1S/C16H26ClN3S/c17-11-14-13-21-16(18-14)5-4-7-19-10-6-15(12-19)20-8-2-1-3-9-20/h13,15H,1-12H2. The molecule has 0 spiro atoms. The molecule has 2 aliphatic rings. The monoisotopic (exact) mass is 327 g/mol. The summed E-state index contributed by atoms with van der Waals surface area (Å²) in [6.45, 7) is 6.45. The predicted octanol–water partition coefficient (Wildman–Crippen LogP) is 3.37. The van der Waals surface area contributed by atoms with Gasteiger partial charge in [0.2, 0.25) is 0 Å². The Kier molecular flexibility index (Phi) is 5.92. The maximum atomic E-state index is 5.80. The molecule has 2 saturated heterocycles. The molecule has 0 radical (unpaired) electrons. The van der Waals surface area contributed by atoms with Crippen LogP contribution in [0.15, 0.2) is 5.38 Å². The highest BCUT2D eigenvalue weighted by Crippen LogP contribution is 2.21. The molecule has 5 heteroatoms. The van der Waals surface area contributed by atoms with Gasteiger partial charge >= 0.3 is 0 Å². The zero-order valence-electron chi connectivity index (χ0n) is 12.8. The van der Waals surface area contributed by atoms with Crippen molar-refractivity contribution in [3.05, 3.63) is 16.1 Å². The van der Waals surface area contributed by atoms with Crippen molar-refractivity contribution in [1.82, 2.24) is 14.8 Å². The van der Waals surface area contributed by atoms with Gasteiger partial charge in [-0.2, -0.15) is 0 Å². The van der Waals surface area contributed by atoms with Gasteiger partial charge < -0.3 is 4.90 Å². The Labute approximate surface area is 137 Å². The Morgan fingerprint density at radius 3 is 2.86 bits per heavy atom. The smallest absolute Gasteiger partial charge is 0.0929 e. The molecule has 0 aliphatic carbocycles. The lowest BCUT2D eigenvalue weighted by Gasteiger charge is -2.32. The molecule has 118 valence electrons. The highest BCUT2D eigenvalue weighted by Gasteiger charge is 2.27. The largest absolute Gasteiger partial charge is 0.302 e. The Balaban J connectivity index is 1.36. The number of nitrogens with zero attached hydrogens (tertiary/aromatic N) is 3. The zero-order valence-corrected chi connectivity index (χ0v) is 14.3. The summed E-state index contributed by atoms with van der Waals surface area (Å²) in [7, 11) is 0. The average molecular weight is 328 g/mol. The number of thiazole rings is 1. The molecule has 3 heterocycles. The van der Waals surface area contributed by atoms with E-state index in [0.717, 1.165) is 18.2 Å². The maximum absolute atomic E-state index is 5.80. The molecular weight excluding hydrogens is 302 g/mol. The zero-order chi connectivity index (χ0) is 14.5. The van der Waals surface area contributed by atoms with Crippen LogP contribution in [0.2, 0.25) is 0 Å². The van der Waals surface area contributed by atoms with Gasteiger partial charge in [0.05, 0.1) is 16.6 Å². The molecule has 0 bridgehead atoms. The summed E-state index contributed by atoms with van der Waals surface area (Å²) >= 11 is 7.56. The second-order valence-electron chi connectivity index (χ2n) is 6.31. The van der Waals surface area contributed by atoms with Crippen molar-refractivity contribution in [3.63, 3.8) is 0 Å². The van der Waals surface area contributed by atoms with Gasteiger partial charge in [0.15, 0.2) is 0 Å². The molecule has 21 heavy (non-hydrogen) atoms. The third kappa shape index (κ3) is 4.41. The van der Waals surface area contributed by atoms with E-state index in [2.05, 4.69) is 20.2 Å². The highest BCUT2D eigenvalue weighted by atomic mass is 35.5. The van der Waals surface area contributed by atoms with Crippen LogP contribution in [0.1, 0.15) is 42.8 Å². The first-order valence-electron chi connectivity index (χ1n) is 8.31. The van der Waals surface area contributed by atoms with Gasteiger partial charge in [-0.15, -0.1) is 22.9 Å². The summed E-state index contributed by atoms with van der Waals surface area (Å²) in [6, 6.07) is 0.827. The van der Waals surface area contributed by atoms with Crippen molar-refractivity contribution in [2.24, 2.45) is 0 Å². The van der Waals surface area contributed by atoms with Crippen LogP contribution in [-0.4, -0.2) is 53.5 Å². The van der Waals surface area contributed by atoms with Crippen molar-refractivity contribution >= 4 is 22.9 Å². The molecule has 0 saturated carbocycles. The minimum atomic E-state index is 0.542. The molecule has 1 aromatic heterocycles. The van der Waals surface area contributed by atoms with Crippen LogP contribution in [0.5, 0.6) is 0 Å². The van der Waals surface area contributed by atoms with E-state index in [4.69, 9.17) is 11.6 Å². The fourth-order valence-corrected chi connectivity index (χ4v) is 4.64. The van der Waals surface area contributed by atoms with Crippen LogP contribution < -0.4 is 0 Å². The van der Waals surface area contributed by atoms with Crippen molar-refractivity contribution < 1.29 is 0 Å². The molecule has 0 N–H and O–H groups in total. The van der Waals surface area contributed by atoms with Gasteiger partial charge in [0.1, 0.15) is 0 Å². The minimum absolute atomic E-state index is 0.542.